The van der Waals surface area contributed by atoms with Crippen LogP contribution in [0.25, 0.3) is 0 Å². The van der Waals surface area contributed by atoms with Gasteiger partial charge in [-0.3, -0.25) is 4.57 Å². The van der Waals surface area contributed by atoms with Gasteiger partial charge in [-0.2, -0.15) is 0 Å². The summed E-state index contributed by atoms with van der Waals surface area (Å²) in [6, 6.07) is 3.40. The maximum Gasteiger partial charge on any atom is 2.00 e. The van der Waals surface area contributed by atoms with Gasteiger partial charge in [0, 0.05) is 0 Å². The number of benzene rings is 1. The third-order valence-corrected chi connectivity index (χ3v) is 3.95. The molecule has 6 heteroatoms. The van der Waals surface area contributed by atoms with Crippen LogP contribution in [0, 0.1) is 0 Å². The Morgan fingerprint density at radius 3 is 1.57 bits per heavy atom. The van der Waals surface area contributed by atoms with Crippen LogP contribution >= 0.6 is 7.60 Å². The first-order valence-corrected chi connectivity index (χ1v) is 8.43. The first-order chi connectivity index (χ1) is 8.72. The van der Waals surface area contributed by atoms with Gasteiger partial charge in [-0.15, -0.1) is 0 Å². The molecule has 0 saturated heterocycles. The molecule has 0 aliphatic rings. The average Bonchev–Trinajstić information content (AvgIpc) is 2.14. The summed E-state index contributed by atoms with van der Waals surface area (Å²) >= 11 is 0. The van der Waals surface area contributed by atoms with Gasteiger partial charge >= 0.3 is 45.3 Å². The van der Waals surface area contributed by atoms with E-state index >= 15 is 0 Å². The molecule has 0 saturated carbocycles. The topological polar surface area (TPSA) is 77.8 Å². The number of rotatable bonds is 2. The van der Waals surface area contributed by atoms with Gasteiger partial charge in [0.1, 0.15) is 5.75 Å². The third-order valence-electron chi connectivity index (χ3n) is 3.17. The summed E-state index contributed by atoms with van der Waals surface area (Å²) in [6.45, 7) is 11.8. The Morgan fingerprint density at radius 2 is 1.33 bits per heavy atom. The van der Waals surface area contributed by atoms with Crippen molar-refractivity contribution in [3.8, 4) is 5.75 Å². The standard InChI is InChI=1S/C15H25O4P.Ca.2H/c1-14(2,3)11-7-10(9-20(17,18)19)8-12(13(11)16)15(4,5)6;;;/h7-8,16H,9H2,1-6H3,(H2,17,18,19);;;/q;+2;2*-1. The first kappa shape index (κ1) is 21.4. The van der Waals surface area contributed by atoms with Gasteiger partial charge in [-0.05, 0) is 27.5 Å². The molecule has 118 valence electrons. The molecule has 0 aliphatic heterocycles. The molecule has 0 aliphatic carbocycles. The molecule has 0 amide bonds. The maximum absolute atomic E-state index is 11.2. The molecule has 0 radical (unpaired) electrons. The van der Waals surface area contributed by atoms with Crippen LogP contribution in [-0.4, -0.2) is 52.6 Å². The molecule has 0 heterocycles. The van der Waals surface area contributed by atoms with E-state index in [1.807, 2.05) is 41.5 Å². The van der Waals surface area contributed by atoms with Crippen LogP contribution in [0.3, 0.4) is 0 Å². The smallest absolute Gasteiger partial charge is 1.00 e. The van der Waals surface area contributed by atoms with E-state index in [0.29, 0.717) is 16.7 Å². The number of phenolic OH excluding ortho intramolecular Hbond substituents is 1. The Kier molecular flexibility index (Phi) is 7.04. The molecule has 0 bridgehead atoms. The molecular formula is C15H27CaO4P. The van der Waals surface area contributed by atoms with E-state index < -0.39 is 7.60 Å². The molecule has 0 spiro atoms. The molecular weight excluding hydrogens is 315 g/mol. The van der Waals surface area contributed by atoms with Crippen molar-refractivity contribution >= 4 is 45.3 Å². The quantitative estimate of drug-likeness (QED) is 0.568. The van der Waals surface area contributed by atoms with E-state index in [1.165, 1.54) is 0 Å². The summed E-state index contributed by atoms with van der Waals surface area (Å²) in [6.07, 6.45) is -0.306. The molecule has 0 aromatic heterocycles. The summed E-state index contributed by atoms with van der Waals surface area (Å²) in [5.41, 5.74) is 1.40. The molecule has 0 fully saturated rings. The van der Waals surface area contributed by atoms with Crippen molar-refractivity contribution in [2.45, 2.75) is 58.5 Å². The van der Waals surface area contributed by atoms with Crippen molar-refractivity contribution in [2.75, 3.05) is 0 Å². The molecule has 21 heavy (non-hydrogen) atoms. The Hall–Kier alpha value is 0.430. The Labute approximate surface area is 160 Å². The zero-order valence-corrected chi connectivity index (χ0v) is 16.9. The Bertz CT molecular complexity index is 525. The predicted molar refractivity (Wildman–Crippen MR) is 89.2 cm³/mol. The fourth-order valence-corrected chi connectivity index (χ4v) is 2.83. The number of phenols is 1. The molecule has 3 N–H and O–H groups in total. The predicted octanol–water partition coefficient (Wildman–Crippen LogP) is 3.51. The van der Waals surface area contributed by atoms with Gasteiger partial charge in [0.2, 0.25) is 0 Å². The summed E-state index contributed by atoms with van der Waals surface area (Å²) in [4.78, 5) is 18.4. The fraction of sp³-hybridized carbons (Fsp3) is 0.600. The SMILES string of the molecule is CC(C)(C)c1cc(CP(=O)(O)O)cc(C(C)(C)C)c1O.[Ca+2].[H-].[H-]. The second-order valence-corrected chi connectivity index (χ2v) is 9.01. The molecule has 1 rings (SSSR count). The van der Waals surface area contributed by atoms with Crippen LogP contribution in [0.1, 0.15) is 61.1 Å². The normalized spacial score (nSPS) is 13.0. The van der Waals surface area contributed by atoms with Crippen molar-refractivity contribution < 1.29 is 22.3 Å². The molecule has 0 unspecified atom stereocenters. The third kappa shape index (κ3) is 6.21. The van der Waals surface area contributed by atoms with E-state index in [0.717, 1.165) is 0 Å². The van der Waals surface area contributed by atoms with Crippen molar-refractivity contribution in [1.82, 2.24) is 0 Å². The first-order valence-electron chi connectivity index (χ1n) is 6.63. The number of hydrogen-bond acceptors (Lipinski definition) is 2. The van der Waals surface area contributed by atoms with Crippen molar-refractivity contribution in [3.63, 3.8) is 0 Å². The number of hydrogen-bond donors (Lipinski definition) is 3. The number of aromatic hydroxyl groups is 1. The van der Waals surface area contributed by atoms with Crippen LogP contribution in [0.4, 0.5) is 0 Å². The van der Waals surface area contributed by atoms with Crippen LogP contribution in [0.15, 0.2) is 12.1 Å². The average molecular weight is 342 g/mol. The molecule has 0 atom stereocenters. The van der Waals surface area contributed by atoms with E-state index in [4.69, 9.17) is 0 Å². The minimum Gasteiger partial charge on any atom is -1.00 e. The van der Waals surface area contributed by atoms with Gasteiger partial charge in [0.05, 0.1) is 6.16 Å². The molecule has 1 aromatic carbocycles. The van der Waals surface area contributed by atoms with Crippen LogP contribution in [0.5, 0.6) is 5.75 Å². The van der Waals surface area contributed by atoms with E-state index in [1.54, 1.807) is 12.1 Å². The monoisotopic (exact) mass is 342 g/mol. The van der Waals surface area contributed by atoms with Crippen LogP contribution in [-0.2, 0) is 21.6 Å². The minimum atomic E-state index is -4.13. The molecule has 1 aromatic rings. The fourth-order valence-electron chi connectivity index (χ4n) is 2.17. The van der Waals surface area contributed by atoms with Gasteiger partial charge in [-0.1, -0.05) is 53.7 Å². The van der Waals surface area contributed by atoms with E-state index in [9.17, 15) is 19.5 Å². The van der Waals surface area contributed by atoms with Gasteiger partial charge in [0.15, 0.2) is 0 Å². The van der Waals surface area contributed by atoms with Gasteiger partial charge in [0.25, 0.3) is 0 Å². The second-order valence-electron chi connectivity index (χ2n) is 7.36. The molecule has 4 nitrogen and oxygen atoms in total. The van der Waals surface area contributed by atoms with Crippen molar-refractivity contribution in [1.29, 1.82) is 0 Å². The van der Waals surface area contributed by atoms with Gasteiger partial charge in [-0.25, -0.2) is 0 Å². The summed E-state index contributed by atoms with van der Waals surface area (Å²) < 4.78 is 11.2. The zero-order valence-electron chi connectivity index (χ0n) is 15.8. The van der Waals surface area contributed by atoms with Crippen molar-refractivity contribution in [3.05, 3.63) is 28.8 Å². The summed E-state index contributed by atoms with van der Waals surface area (Å²) in [5.74, 6) is 0.222. The minimum absolute atomic E-state index is 0. The summed E-state index contributed by atoms with van der Waals surface area (Å²) in [5, 5.41) is 10.5. The second kappa shape index (κ2) is 6.90. The van der Waals surface area contributed by atoms with Crippen molar-refractivity contribution in [2.24, 2.45) is 0 Å². The van der Waals surface area contributed by atoms with Gasteiger partial charge < -0.3 is 17.7 Å². The zero-order chi connectivity index (χ0) is 15.9. The van der Waals surface area contributed by atoms with E-state index in [-0.39, 0.29) is 63.3 Å². The van der Waals surface area contributed by atoms with E-state index in [2.05, 4.69) is 0 Å². The van der Waals surface area contributed by atoms with Crippen LogP contribution in [0.2, 0.25) is 0 Å². The summed E-state index contributed by atoms with van der Waals surface area (Å²) in [7, 11) is -4.13. The van der Waals surface area contributed by atoms with Crippen LogP contribution < -0.4 is 0 Å². The maximum atomic E-state index is 11.2. The Morgan fingerprint density at radius 1 is 1.00 bits per heavy atom. The Balaban J connectivity index is -0.00000133. The largest absolute Gasteiger partial charge is 2.00 e.